The zero-order chi connectivity index (χ0) is 10.8. The molecule has 2 heterocycles. The van der Waals surface area contributed by atoms with Gasteiger partial charge in [0.1, 0.15) is 5.69 Å². The van der Waals surface area contributed by atoms with Crippen LogP contribution in [0.2, 0.25) is 0 Å². The van der Waals surface area contributed by atoms with Gasteiger partial charge < -0.3 is 0 Å². The van der Waals surface area contributed by atoms with Gasteiger partial charge in [-0.15, -0.1) is 11.3 Å². The average Bonchev–Trinajstić information content (AvgIpc) is 2.86. The van der Waals surface area contributed by atoms with Gasteiger partial charge in [-0.05, 0) is 37.8 Å². The molecule has 3 heteroatoms. The minimum absolute atomic E-state index is 0.439. The lowest BCUT2D eigenvalue weighted by Crippen LogP contribution is -2.06. The molecule has 0 atom stereocenters. The normalized spacial score (nSPS) is 11.2. The lowest BCUT2D eigenvalue weighted by Gasteiger charge is -2.08. The lowest BCUT2D eigenvalue weighted by molar-refractivity contribution is 0.513. The van der Waals surface area contributed by atoms with Crippen molar-refractivity contribution in [2.75, 3.05) is 0 Å². The third kappa shape index (κ3) is 1.97. The SMILES string of the molecule is CCc1cc(-c2cccs2)nn1C(C)C. The van der Waals surface area contributed by atoms with Crippen molar-refractivity contribution in [2.45, 2.75) is 33.2 Å². The van der Waals surface area contributed by atoms with E-state index in [4.69, 9.17) is 0 Å². The number of aromatic nitrogens is 2. The highest BCUT2D eigenvalue weighted by Crippen LogP contribution is 2.25. The number of hydrogen-bond acceptors (Lipinski definition) is 2. The molecule has 0 saturated heterocycles. The van der Waals surface area contributed by atoms with Crippen molar-refractivity contribution in [3.05, 3.63) is 29.3 Å². The summed E-state index contributed by atoms with van der Waals surface area (Å²) in [6.45, 7) is 6.52. The van der Waals surface area contributed by atoms with Crippen molar-refractivity contribution in [2.24, 2.45) is 0 Å². The minimum atomic E-state index is 0.439. The second kappa shape index (κ2) is 4.19. The monoisotopic (exact) mass is 220 g/mol. The first-order chi connectivity index (χ1) is 7.22. The van der Waals surface area contributed by atoms with Crippen LogP contribution in [0, 0.1) is 0 Å². The zero-order valence-electron chi connectivity index (χ0n) is 9.40. The Morgan fingerprint density at radius 1 is 1.47 bits per heavy atom. The van der Waals surface area contributed by atoms with E-state index in [2.05, 4.69) is 54.1 Å². The molecule has 0 aliphatic heterocycles. The van der Waals surface area contributed by atoms with Crippen molar-refractivity contribution in [3.63, 3.8) is 0 Å². The number of hydrogen-bond donors (Lipinski definition) is 0. The fourth-order valence-electron chi connectivity index (χ4n) is 1.69. The van der Waals surface area contributed by atoms with Crippen LogP contribution in [0.4, 0.5) is 0 Å². The molecule has 2 aromatic rings. The summed E-state index contributed by atoms with van der Waals surface area (Å²) in [6.07, 6.45) is 1.04. The van der Waals surface area contributed by atoms with Crippen LogP contribution in [-0.2, 0) is 6.42 Å². The van der Waals surface area contributed by atoms with Crippen LogP contribution in [0.1, 0.15) is 32.5 Å². The van der Waals surface area contributed by atoms with Crippen molar-refractivity contribution in [3.8, 4) is 10.6 Å². The van der Waals surface area contributed by atoms with E-state index in [1.807, 2.05) is 0 Å². The minimum Gasteiger partial charge on any atom is -0.266 e. The molecular weight excluding hydrogens is 204 g/mol. The fraction of sp³-hybridized carbons (Fsp3) is 0.417. The van der Waals surface area contributed by atoms with E-state index in [1.165, 1.54) is 10.6 Å². The first-order valence-electron chi connectivity index (χ1n) is 5.34. The van der Waals surface area contributed by atoms with Gasteiger partial charge in [-0.3, -0.25) is 4.68 Å². The van der Waals surface area contributed by atoms with E-state index in [9.17, 15) is 0 Å². The molecule has 2 aromatic heterocycles. The molecule has 0 bridgehead atoms. The summed E-state index contributed by atoms with van der Waals surface area (Å²) >= 11 is 1.74. The van der Waals surface area contributed by atoms with Crippen molar-refractivity contribution < 1.29 is 0 Å². The maximum Gasteiger partial charge on any atom is 0.103 e. The van der Waals surface area contributed by atoms with E-state index in [0.717, 1.165) is 12.1 Å². The van der Waals surface area contributed by atoms with E-state index in [0.29, 0.717) is 6.04 Å². The topological polar surface area (TPSA) is 17.8 Å². The molecule has 0 fully saturated rings. The molecule has 0 saturated carbocycles. The van der Waals surface area contributed by atoms with Gasteiger partial charge in [0, 0.05) is 11.7 Å². The molecule has 0 N–H and O–H groups in total. The van der Waals surface area contributed by atoms with E-state index in [1.54, 1.807) is 11.3 Å². The number of nitrogens with zero attached hydrogens (tertiary/aromatic N) is 2. The molecule has 0 aliphatic carbocycles. The van der Waals surface area contributed by atoms with Gasteiger partial charge in [0.15, 0.2) is 0 Å². The summed E-state index contributed by atoms with van der Waals surface area (Å²) in [6, 6.07) is 6.83. The highest BCUT2D eigenvalue weighted by molar-refractivity contribution is 7.13. The third-order valence-electron chi connectivity index (χ3n) is 2.44. The molecule has 0 aliphatic rings. The molecule has 0 aromatic carbocycles. The standard InChI is InChI=1S/C12H16N2S/c1-4-10-8-11(12-6-5-7-15-12)13-14(10)9(2)3/h5-9H,4H2,1-3H3. The summed E-state index contributed by atoms with van der Waals surface area (Å²) in [4.78, 5) is 1.25. The summed E-state index contributed by atoms with van der Waals surface area (Å²) < 4.78 is 2.12. The molecule has 0 spiro atoms. The van der Waals surface area contributed by atoms with Gasteiger partial charge in [-0.2, -0.15) is 5.10 Å². The van der Waals surface area contributed by atoms with Gasteiger partial charge in [-0.25, -0.2) is 0 Å². The van der Waals surface area contributed by atoms with Crippen molar-refractivity contribution in [1.82, 2.24) is 9.78 Å². The van der Waals surface area contributed by atoms with Crippen LogP contribution in [0.5, 0.6) is 0 Å². The highest BCUT2D eigenvalue weighted by Gasteiger charge is 2.10. The van der Waals surface area contributed by atoms with Crippen LogP contribution in [0.15, 0.2) is 23.6 Å². The van der Waals surface area contributed by atoms with Gasteiger partial charge in [0.2, 0.25) is 0 Å². The predicted octanol–water partition coefficient (Wildman–Crippen LogP) is 3.75. The zero-order valence-corrected chi connectivity index (χ0v) is 10.2. The van der Waals surface area contributed by atoms with Crippen LogP contribution in [0.3, 0.4) is 0 Å². The molecular formula is C12H16N2S. The summed E-state index contributed by atoms with van der Waals surface area (Å²) in [7, 11) is 0. The van der Waals surface area contributed by atoms with E-state index in [-0.39, 0.29) is 0 Å². The first-order valence-corrected chi connectivity index (χ1v) is 6.22. The molecule has 2 rings (SSSR count). The van der Waals surface area contributed by atoms with E-state index >= 15 is 0 Å². The number of aryl methyl sites for hydroxylation is 1. The fourth-order valence-corrected chi connectivity index (χ4v) is 2.37. The van der Waals surface area contributed by atoms with E-state index < -0.39 is 0 Å². The quantitative estimate of drug-likeness (QED) is 0.770. The van der Waals surface area contributed by atoms with Crippen LogP contribution in [-0.4, -0.2) is 9.78 Å². The second-order valence-corrected chi connectivity index (χ2v) is 4.84. The Balaban J connectivity index is 2.43. The Kier molecular flexibility index (Phi) is 2.91. The summed E-state index contributed by atoms with van der Waals surface area (Å²) in [5.41, 5.74) is 2.42. The van der Waals surface area contributed by atoms with Gasteiger partial charge in [0.05, 0.1) is 4.88 Å². The Labute approximate surface area is 94.6 Å². The summed E-state index contributed by atoms with van der Waals surface area (Å²) in [5, 5.41) is 6.74. The maximum atomic E-state index is 4.65. The lowest BCUT2D eigenvalue weighted by atomic mass is 10.2. The molecule has 0 unspecified atom stereocenters. The van der Waals surface area contributed by atoms with Crippen molar-refractivity contribution >= 4 is 11.3 Å². The molecule has 2 nitrogen and oxygen atoms in total. The second-order valence-electron chi connectivity index (χ2n) is 3.89. The van der Waals surface area contributed by atoms with Crippen LogP contribution >= 0.6 is 11.3 Å². The number of thiophene rings is 1. The molecule has 0 radical (unpaired) electrons. The molecule has 80 valence electrons. The maximum absolute atomic E-state index is 4.65. The summed E-state index contributed by atoms with van der Waals surface area (Å²) in [5.74, 6) is 0. The first kappa shape index (κ1) is 10.4. The molecule has 15 heavy (non-hydrogen) atoms. The number of rotatable bonds is 3. The Hall–Kier alpha value is -1.09. The third-order valence-corrected chi connectivity index (χ3v) is 3.33. The van der Waals surface area contributed by atoms with Gasteiger partial charge in [-0.1, -0.05) is 13.0 Å². The highest BCUT2D eigenvalue weighted by atomic mass is 32.1. The average molecular weight is 220 g/mol. The largest absolute Gasteiger partial charge is 0.266 e. The van der Waals surface area contributed by atoms with Crippen LogP contribution < -0.4 is 0 Å². The van der Waals surface area contributed by atoms with Gasteiger partial charge in [0.25, 0.3) is 0 Å². The Morgan fingerprint density at radius 2 is 2.27 bits per heavy atom. The Bertz CT molecular complexity index is 426. The Morgan fingerprint density at radius 3 is 2.73 bits per heavy atom. The van der Waals surface area contributed by atoms with Gasteiger partial charge >= 0.3 is 0 Å². The smallest absolute Gasteiger partial charge is 0.103 e. The predicted molar refractivity (Wildman–Crippen MR) is 65.3 cm³/mol. The van der Waals surface area contributed by atoms with Crippen LogP contribution in [0.25, 0.3) is 10.6 Å². The van der Waals surface area contributed by atoms with Crippen molar-refractivity contribution in [1.29, 1.82) is 0 Å². The molecule has 0 amide bonds.